The van der Waals surface area contributed by atoms with Crippen LogP contribution in [0.1, 0.15) is 61.5 Å². The smallest absolute Gasteiger partial charge is 0.134 e. The maximum atomic E-state index is 4.41. The van der Waals surface area contributed by atoms with Crippen molar-refractivity contribution in [2.45, 2.75) is 56.9 Å². The lowest BCUT2D eigenvalue weighted by atomic mass is 9.71. The fourth-order valence-corrected chi connectivity index (χ4v) is 3.76. The minimum atomic E-state index is 0.352. The van der Waals surface area contributed by atoms with Crippen LogP contribution in [0.2, 0.25) is 0 Å². The number of hydrogen-bond donors (Lipinski definition) is 1. The average Bonchev–Trinajstić information content (AvgIpc) is 2.77. The predicted octanol–water partition coefficient (Wildman–Crippen LogP) is 2.79. The highest BCUT2D eigenvalue weighted by molar-refractivity contribution is 7.11. The molecule has 1 aromatic rings. The minimum absolute atomic E-state index is 0.352. The summed E-state index contributed by atoms with van der Waals surface area (Å²) in [7, 11) is 0. The molecule has 1 atom stereocenters. The maximum absolute atomic E-state index is 4.41. The fourth-order valence-electron chi connectivity index (χ4n) is 2.60. The molecule has 1 aliphatic heterocycles. The van der Waals surface area contributed by atoms with Gasteiger partial charge in [-0.3, -0.25) is 0 Å². The Labute approximate surface area is 101 Å². The molecule has 1 saturated carbocycles. The van der Waals surface area contributed by atoms with Gasteiger partial charge in [0.15, 0.2) is 0 Å². The van der Waals surface area contributed by atoms with E-state index in [0.29, 0.717) is 11.5 Å². The van der Waals surface area contributed by atoms with Gasteiger partial charge in [0.25, 0.3) is 0 Å². The van der Waals surface area contributed by atoms with Crippen LogP contribution in [-0.2, 0) is 5.41 Å². The Bertz CT molecular complexity index is 364. The number of piperidine rings is 1. The first-order valence-electron chi connectivity index (χ1n) is 6.35. The van der Waals surface area contributed by atoms with Crippen LogP contribution in [0.3, 0.4) is 0 Å². The molecule has 0 amide bonds. The van der Waals surface area contributed by atoms with Gasteiger partial charge >= 0.3 is 0 Å². The standard InChI is InChI=1S/C12H19N3S/c1-12(6-4-7-12)11-15-14-10(16-11)9-5-2-3-8-13-9/h9,13H,2-8H2,1H3. The van der Waals surface area contributed by atoms with Gasteiger partial charge in [0, 0.05) is 5.41 Å². The molecular weight excluding hydrogens is 218 g/mol. The molecule has 0 radical (unpaired) electrons. The molecular formula is C12H19N3S. The Morgan fingerprint density at radius 3 is 2.75 bits per heavy atom. The second-order valence-corrected chi connectivity index (χ2v) is 6.37. The largest absolute Gasteiger partial charge is 0.308 e. The molecule has 0 aromatic carbocycles. The van der Waals surface area contributed by atoms with E-state index >= 15 is 0 Å². The van der Waals surface area contributed by atoms with Crippen molar-refractivity contribution >= 4 is 11.3 Å². The van der Waals surface area contributed by atoms with Crippen molar-refractivity contribution in [3.8, 4) is 0 Å². The summed E-state index contributed by atoms with van der Waals surface area (Å²) in [6, 6.07) is 0.476. The summed E-state index contributed by atoms with van der Waals surface area (Å²) < 4.78 is 0. The maximum Gasteiger partial charge on any atom is 0.134 e. The van der Waals surface area contributed by atoms with Crippen LogP contribution < -0.4 is 5.32 Å². The first-order chi connectivity index (χ1) is 7.78. The summed E-state index contributed by atoms with van der Waals surface area (Å²) in [6.07, 6.45) is 7.79. The molecule has 88 valence electrons. The topological polar surface area (TPSA) is 37.8 Å². The van der Waals surface area contributed by atoms with E-state index in [4.69, 9.17) is 0 Å². The Morgan fingerprint density at radius 1 is 1.25 bits per heavy atom. The molecule has 4 heteroatoms. The molecule has 2 aliphatic rings. The minimum Gasteiger partial charge on any atom is -0.308 e. The van der Waals surface area contributed by atoms with Crippen LogP contribution in [0.4, 0.5) is 0 Å². The third kappa shape index (κ3) is 1.78. The van der Waals surface area contributed by atoms with Crippen molar-refractivity contribution in [2.75, 3.05) is 6.54 Å². The zero-order valence-electron chi connectivity index (χ0n) is 9.83. The van der Waals surface area contributed by atoms with Crippen LogP contribution in [-0.4, -0.2) is 16.7 Å². The molecule has 0 spiro atoms. The molecule has 3 nitrogen and oxygen atoms in total. The average molecular weight is 237 g/mol. The lowest BCUT2D eigenvalue weighted by Gasteiger charge is -2.35. The molecule has 2 fully saturated rings. The van der Waals surface area contributed by atoms with Crippen molar-refractivity contribution in [1.82, 2.24) is 15.5 Å². The van der Waals surface area contributed by atoms with Crippen LogP contribution in [0.15, 0.2) is 0 Å². The quantitative estimate of drug-likeness (QED) is 0.859. The Hall–Kier alpha value is -0.480. The zero-order chi connectivity index (χ0) is 11.0. The second kappa shape index (κ2) is 4.08. The first-order valence-corrected chi connectivity index (χ1v) is 7.17. The third-order valence-corrected chi connectivity index (χ3v) is 5.37. The SMILES string of the molecule is CC1(c2nnc(C3CCCCN3)s2)CCC1. The molecule has 2 heterocycles. The van der Waals surface area contributed by atoms with Gasteiger partial charge in [-0.05, 0) is 32.2 Å². The van der Waals surface area contributed by atoms with Gasteiger partial charge in [0.2, 0.25) is 0 Å². The zero-order valence-corrected chi connectivity index (χ0v) is 10.6. The van der Waals surface area contributed by atoms with Gasteiger partial charge in [-0.2, -0.15) is 0 Å². The van der Waals surface area contributed by atoms with Gasteiger partial charge in [-0.25, -0.2) is 0 Å². The number of aromatic nitrogens is 2. The molecule has 1 N–H and O–H groups in total. The first kappa shape index (κ1) is 10.7. The highest BCUT2D eigenvalue weighted by Crippen LogP contribution is 2.44. The number of hydrogen-bond acceptors (Lipinski definition) is 4. The summed E-state index contributed by atoms with van der Waals surface area (Å²) in [5.41, 5.74) is 0.352. The summed E-state index contributed by atoms with van der Waals surface area (Å²) >= 11 is 1.84. The normalized spacial score (nSPS) is 28.7. The van der Waals surface area contributed by atoms with E-state index < -0.39 is 0 Å². The summed E-state index contributed by atoms with van der Waals surface area (Å²) in [5, 5.41) is 14.8. The van der Waals surface area contributed by atoms with Gasteiger partial charge in [-0.1, -0.05) is 31.1 Å². The van der Waals surface area contributed by atoms with Gasteiger partial charge in [0.05, 0.1) is 6.04 Å². The summed E-state index contributed by atoms with van der Waals surface area (Å²) in [5.74, 6) is 0. The van der Waals surface area contributed by atoms with Crippen molar-refractivity contribution in [2.24, 2.45) is 0 Å². The van der Waals surface area contributed by atoms with E-state index in [-0.39, 0.29) is 0 Å². The van der Waals surface area contributed by atoms with Crippen molar-refractivity contribution < 1.29 is 0 Å². The van der Waals surface area contributed by atoms with E-state index in [0.717, 1.165) is 6.54 Å². The highest BCUT2D eigenvalue weighted by atomic mass is 32.1. The predicted molar refractivity (Wildman–Crippen MR) is 65.7 cm³/mol. The Balaban J connectivity index is 1.76. The molecule has 1 saturated heterocycles. The van der Waals surface area contributed by atoms with Crippen LogP contribution >= 0.6 is 11.3 Å². The highest BCUT2D eigenvalue weighted by Gasteiger charge is 2.37. The van der Waals surface area contributed by atoms with Crippen molar-refractivity contribution in [1.29, 1.82) is 0 Å². The fraction of sp³-hybridized carbons (Fsp3) is 0.833. The molecule has 16 heavy (non-hydrogen) atoms. The Kier molecular flexibility index (Phi) is 2.72. The van der Waals surface area contributed by atoms with E-state index in [9.17, 15) is 0 Å². The Morgan fingerprint density at radius 2 is 2.12 bits per heavy atom. The lowest BCUT2D eigenvalue weighted by Crippen LogP contribution is -2.30. The van der Waals surface area contributed by atoms with Gasteiger partial charge in [0.1, 0.15) is 10.0 Å². The van der Waals surface area contributed by atoms with E-state index in [1.54, 1.807) is 0 Å². The van der Waals surface area contributed by atoms with Crippen LogP contribution in [0, 0.1) is 0 Å². The molecule has 3 rings (SSSR count). The molecule has 1 aromatic heterocycles. The molecule has 1 unspecified atom stereocenters. The molecule has 0 bridgehead atoms. The molecule has 1 aliphatic carbocycles. The summed E-state index contributed by atoms with van der Waals surface area (Å²) in [6.45, 7) is 3.46. The van der Waals surface area contributed by atoms with Gasteiger partial charge < -0.3 is 5.32 Å². The van der Waals surface area contributed by atoms with E-state index in [2.05, 4.69) is 22.4 Å². The second-order valence-electron chi connectivity index (χ2n) is 5.36. The third-order valence-electron chi connectivity index (χ3n) is 4.02. The van der Waals surface area contributed by atoms with E-state index in [1.807, 2.05) is 11.3 Å². The van der Waals surface area contributed by atoms with E-state index in [1.165, 1.54) is 48.5 Å². The number of nitrogens with zero attached hydrogens (tertiary/aromatic N) is 2. The lowest BCUT2D eigenvalue weighted by molar-refractivity contribution is 0.269. The van der Waals surface area contributed by atoms with Crippen LogP contribution in [0.25, 0.3) is 0 Å². The van der Waals surface area contributed by atoms with Crippen molar-refractivity contribution in [3.05, 3.63) is 10.0 Å². The van der Waals surface area contributed by atoms with Crippen LogP contribution in [0.5, 0.6) is 0 Å². The monoisotopic (exact) mass is 237 g/mol. The number of nitrogens with one attached hydrogen (secondary N) is 1. The van der Waals surface area contributed by atoms with Crippen molar-refractivity contribution in [3.63, 3.8) is 0 Å². The summed E-state index contributed by atoms with van der Waals surface area (Å²) in [4.78, 5) is 0. The van der Waals surface area contributed by atoms with Gasteiger partial charge in [-0.15, -0.1) is 10.2 Å². The number of rotatable bonds is 2.